The van der Waals surface area contributed by atoms with Crippen LogP contribution < -0.4 is 0 Å². The van der Waals surface area contributed by atoms with Gasteiger partial charge in [0.15, 0.2) is 5.78 Å². The van der Waals surface area contributed by atoms with Crippen molar-refractivity contribution in [1.29, 1.82) is 0 Å². The summed E-state index contributed by atoms with van der Waals surface area (Å²) in [5, 5.41) is 0. The predicted molar refractivity (Wildman–Crippen MR) is 65.7 cm³/mol. The number of hydrogen-bond donors (Lipinski definition) is 0. The Bertz CT molecular complexity index is 451. The SMILES string of the molecule is O=C(CCc1ccccc1)CN1C(=O)CCC1=O. The normalized spacial score (nSPS) is 15.2. The highest BCUT2D eigenvalue weighted by Crippen LogP contribution is 2.12. The molecule has 0 aromatic heterocycles. The van der Waals surface area contributed by atoms with Gasteiger partial charge in [-0.2, -0.15) is 0 Å². The van der Waals surface area contributed by atoms with Crippen LogP contribution in [-0.2, 0) is 20.8 Å². The van der Waals surface area contributed by atoms with E-state index < -0.39 is 0 Å². The van der Waals surface area contributed by atoms with Crippen molar-refractivity contribution in [2.45, 2.75) is 25.7 Å². The van der Waals surface area contributed by atoms with E-state index in [0.717, 1.165) is 10.5 Å². The molecule has 94 valence electrons. The number of benzene rings is 1. The van der Waals surface area contributed by atoms with Crippen molar-refractivity contribution in [3.63, 3.8) is 0 Å². The van der Waals surface area contributed by atoms with Crippen LogP contribution in [0.25, 0.3) is 0 Å². The first-order valence-electron chi connectivity index (χ1n) is 6.05. The number of likely N-dealkylation sites (tertiary alicyclic amines) is 1. The molecule has 0 unspecified atom stereocenters. The van der Waals surface area contributed by atoms with Crippen molar-refractivity contribution in [2.75, 3.05) is 6.54 Å². The zero-order chi connectivity index (χ0) is 13.0. The Hall–Kier alpha value is -1.97. The van der Waals surface area contributed by atoms with Crippen LogP contribution >= 0.6 is 0 Å². The van der Waals surface area contributed by atoms with Crippen LogP contribution in [0.15, 0.2) is 30.3 Å². The van der Waals surface area contributed by atoms with Crippen LogP contribution in [0.3, 0.4) is 0 Å². The van der Waals surface area contributed by atoms with Crippen molar-refractivity contribution < 1.29 is 14.4 Å². The average molecular weight is 245 g/mol. The quantitative estimate of drug-likeness (QED) is 0.735. The summed E-state index contributed by atoms with van der Waals surface area (Å²) in [6.45, 7) is -0.0650. The molecule has 0 atom stereocenters. The second-order valence-corrected chi connectivity index (χ2v) is 4.40. The molecule has 18 heavy (non-hydrogen) atoms. The minimum atomic E-state index is -0.229. The predicted octanol–water partition coefficient (Wildman–Crippen LogP) is 1.34. The second kappa shape index (κ2) is 5.58. The van der Waals surface area contributed by atoms with E-state index in [1.165, 1.54) is 0 Å². The van der Waals surface area contributed by atoms with Crippen LogP contribution in [0.5, 0.6) is 0 Å². The molecule has 1 saturated heterocycles. The first kappa shape index (κ1) is 12.5. The molecule has 1 aromatic rings. The molecule has 0 aliphatic carbocycles. The van der Waals surface area contributed by atoms with Gasteiger partial charge in [0, 0.05) is 19.3 Å². The highest BCUT2D eigenvalue weighted by molar-refractivity contribution is 6.04. The molecule has 2 rings (SSSR count). The molecule has 4 heteroatoms. The van der Waals surface area contributed by atoms with Gasteiger partial charge in [0.05, 0.1) is 6.54 Å². The zero-order valence-corrected chi connectivity index (χ0v) is 10.1. The minimum absolute atomic E-state index is 0.0650. The Balaban J connectivity index is 1.82. The van der Waals surface area contributed by atoms with Gasteiger partial charge >= 0.3 is 0 Å². The largest absolute Gasteiger partial charge is 0.298 e. The van der Waals surface area contributed by atoms with Crippen molar-refractivity contribution in [1.82, 2.24) is 4.90 Å². The smallest absolute Gasteiger partial charge is 0.230 e. The first-order chi connectivity index (χ1) is 8.66. The van der Waals surface area contributed by atoms with E-state index in [0.29, 0.717) is 12.8 Å². The number of hydrogen-bond acceptors (Lipinski definition) is 3. The number of carbonyl (C=O) groups is 3. The summed E-state index contributed by atoms with van der Waals surface area (Å²) in [6.07, 6.45) is 1.49. The summed E-state index contributed by atoms with van der Waals surface area (Å²) in [4.78, 5) is 35.5. The third-order valence-corrected chi connectivity index (χ3v) is 3.02. The fraction of sp³-hybridized carbons (Fsp3) is 0.357. The van der Waals surface area contributed by atoms with Crippen LogP contribution in [0.2, 0.25) is 0 Å². The molecular weight excluding hydrogens is 230 g/mol. The number of amides is 2. The van der Waals surface area contributed by atoms with Gasteiger partial charge in [-0.25, -0.2) is 0 Å². The van der Waals surface area contributed by atoms with E-state index in [1.807, 2.05) is 30.3 Å². The molecule has 0 saturated carbocycles. The maximum Gasteiger partial charge on any atom is 0.230 e. The molecule has 1 aromatic carbocycles. The zero-order valence-electron chi connectivity index (χ0n) is 10.1. The molecule has 4 nitrogen and oxygen atoms in total. The summed E-state index contributed by atoms with van der Waals surface area (Å²) in [7, 11) is 0. The summed E-state index contributed by atoms with van der Waals surface area (Å²) >= 11 is 0. The van der Waals surface area contributed by atoms with E-state index in [2.05, 4.69) is 0 Å². The highest BCUT2D eigenvalue weighted by Gasteiger charge is 2.29. The van der Waals surface area contributed by atoms with Crippen molar-refractivity contribution >= 4 is 17.6 Å². The third-order valence-electron chi connectivity index (χ3n) is 3.02. The Morgan fingerprint density at radius 2 is 1.67 bits per heavy atom. The molecule has 0 N–H and O–H groups in total. The molecular formula is C14H15NO3. The van der Waals surface area contributed by atoms with Gasteiger partial charge in [-0.3, -0.25) is 19.3 Å². The minimum Gasteiger partial charge on any atom is -0.298 e. The monoisotopic (exact) mass is 245 g/mol. The topological polar surface area (TPSA) is 54.5 Å². The molecule has 0 radical (unpaired) electrons. The maximum atomic E-state index is 11.7. The van der Waals surface area contributed by atoms with E-state index in [9.17, 15) is 14.4 Å². The lowest BCUT2D eigenvalue weighted by atomic mass is 10.1. The lowest BCUT2D eigenvalue weighted by molar-refractivity contribution is -0.141. The fourth-order valence-corrected chi connectivity index (χ4v) is 1.98. The first-order valence-corrected chi connectivity index (χ1v) is 6.05. The van der Waals surface area contributed by atoms with E-state index in [-0.39, 0.29) is 37.0 Å². The second-order valence-electron chi connectivity index (χ2n) is 4.40. The fourth-order valence-electron chi connectivity index (χ4n) is 1.98. The molecule has 2 amide bonds. The van der Waals surface area contributed by atoms with Gasteiger partial charge in [-0.1, -0.05) is 30.3 Å². The lowest BCUT2D eigenvalue weighted by Gasteiger charge is -2.12. The van der Waals surface area contributed by atoms with Gasteiger partial charge in [0.1, 0.15) is 0 Å². The van der Waals surface area contributed by atoms with Gasteiger partial charge in [0.25, 0.3) is 0 Å². The van der Waals surface area contributed by atoms with Crippen LogP contribution in [-0.4, -0.2) is 29.0 Å². The number of ketones is 1. The maximum absolute atomic E-state index is 11.7. The summed E-state index contributed by atoms with van der Waals surface area (Å²) in [5.74, 6) is -0.524. The Labute approximate surface area is 106 Å². The average Bonchev–Trinajstić information content (AvgIpc) is 2.69. The molecule has 1 aliphatic rings. The highest BCUT2D eigenvalue weighted by atomic mass is 16.2. The van der Waals surface area contributed by atoms with Gasteiger partial charge in [0.2, 0.25) is 11.8 Å². The number of nitrogens with zero attached hydrogens (tertiary/aromatic N) is 1. The molecule has 1 aliphatic heterocycles. The summed E-state index contributed by atoms with van der Waals surface area (Å²) < 4.78 is 0. The Morgan fingerprint density at radius 1 is 1.06 bits per heavy atom. The van der Waals surface area contributed by atoms with Crippen LogP contribution in [0, 0.1) is 0 Å². The number of carbonyl (C=O) groups excluding carboxylic acids is 3. The molecule has 1 fully saturated rings. The van der Waals surface area contributed by atoms with Crippen molar-refractivity contribution in [2.24, 2.45) is 0 Å². The van der Waals surface area contributed by atoms with Crippen molar-refractivity contribution in [3.05, 3.63) is 35.9 Å². The van der Waals surface area contributed by atoms with E-state index >= 15 is 0 Å². The number of imide groups is 1. The number of Topliss-reactive ketones (excluding diaryl/α,β-unsaturated/α-hetero) is 1. The van der Waals surface area contributed by atoms with Crippen LogP contribution in [0.4, 0.5) is 0 Å². The van der Waals surface area contributed by atoms with Gasteiger partial charge < -0.3 is 0 Å². The number of aryl methyl sites for hydroxylation is 1. The van der Waals surface area contributed by atoms with E-state index in [4.69, 9.17) is 0 Å². The van der Waals surface area contributed by atoms with Gasteiger partial charge in [-0.05, 0) is 12.0 Å². The Kier molecular flexibility index (Phi) is 3.87. The standard InChI is InChI=1S/C14H15NO3/c16-12(7-6-11-4-2-1-3-5-11)10-15-13(17)8-9-14(15)18/h1-5H,6-10H2. The van der Waals surface area contributed by atoms with Gasteiger partial charge in [-0.15, -0.1) is 0 Å². The summed E-state index contributed by atoms with van der Waals surface area (Å²) in [6, 6.07) is 9.69. The molecule has 1 heterocycles. The summed E-state index contributed by atoms with van der Waals surface area (Å²) in [5.41, 5.74) is 1.09. The third kappa shape index (κ3) is 3.03. The Morgan fingerprint density at radius 3 is 2.28 bits per heavy atom. The molecule has 0 bridgehead atoms. The van der Waals surface area contributed by atoms with Crippen LogP contribution in [0.1, 0.15) is 24.8 Å². The van der Waals surface area contributed by atoms with Crippen molar-refractivity contribution in [3.8, 4) is 0 Å². The van der Waals surface area contributed by atoms with E-state index in [1.54, 1.807) is 0 Å². The molecule has 0 spiro atoms. The number of rotatable bonds is 5. The lowest BCUT2D eigenvalue weighted by Crippen LogP contribution is -2.34.